The van der Waals surface area contributed by atoms with Gasteiger partial charge in [0, 0.05) is 35.7 Å². The third-order valence-electron chi connectivity index (χ3n) is 7.82. The number of unbranched alkanes of at least 4 members (excludes halogenated alkanes) is 1. The molecule has 3 fully saturated rings. The van der Waals surface area contributed by atoms with Crippen LogP contribution in [0.4, 0.5) is 5.69 Å². The molecule has 9 heteroatoms. The standard InChI is InChI=1S/C28H35ClN2O5S/c1-4-6-7-16-36-27(35)22-21-17-18(3)28(37-21)23(22)25(33)31(14-8-15-32)24(28)26(34)30(13-5-2)20-11-9-19(29)10-12-20/h4-5,9-12,18,21-24,32H,1-2,6-8,13-17H2,3H3/t18?,21-,22+,23-,24?,28?/m0/s1. The summed E-state index contributed by atoms with van der Waals surface area (Å²) in [6.45, 7) is 10.3. The Morgan fingerprint density at radius 1 is 1.27 bits per heavy atom. The highest BCUT2D eigenvalue weighted by atomic mass is 35.5. The average molecular weight is 547 g/mol. The van der Waals surface area contributed by atoms with Crippen molar-refractivity contribution >= 4 is 46.8 Å². The Labute approximate surface area is 227 Å². The van der Waals surface area contributed by atoms with Crippen molar-refractivity contribution in [1.29, 1.82) is 0 Å². The van der Waals surface area contributed by atoms with Crippen molar-refractivity contribution in [1.82, 2.24) is 4.90 Å². The van der Waals surface area contributed by atoms with E-state index in [4.69, 9.17) is 16.3 Å². The molecule has 2 amide bonds. The predicted molar refractivity (Wildman–Crippen MR) is 146 cm³/mol. The first kappa shape index (κ1) is 27.7. The number of rotatable bonds is 12. The summed E-state index contributed by atoms with van der Waals surface area (Å²) in [4.78, 5) is 44.9. The van der Waals surface area contributed by atoms with Gasteiger partial charge < -0.3 is 19.6 Å². The van der Waals surface area contributed by atoms with Gasteiger partial charge in [-0.25, -0.2) is 0 Å². The largest absolute Gasteiger partial charge is 0.465 e. The monoisotopic (exact) mass is 546 g/mol. The molecule has 0 aromatic heterocycles. The van der Waals surface area contributed by atoms with E-state index in [0.29, 0.717) is 23.6 Å². The topological polar surface area (TPSA) is 87.2 Å². The van der Waals surface area contributed by atoms with Gasteiger partial charge in [-0.2, -0.15) is 0 Å². The summed E-state index contributed by atoms with van der Waals surface area (Å²) in [6, 6.07) is 6.24. The van der Waals surface area contributed by atoms with Crippen molar-refractivity contribution in [2.75, 3.05) is 31.2 Å². The van der Waals surface area contributed by atoms with Crippen molar-refractivity contribution in [2.24, 2.45) is 17.8 Å². The van der Waals surface area contributed by atoms with Gasteiger partial charge in [-0.1, -0.05) is 30.7 Å². The van der Waals surface area contributed by atoms with Crippen LogP contribution in [0.25, 0.3) is 0 Å². The lowest BCUT2D eigenvalue weighted by Crippen LogP contribution is -2.57. The predicted octanol–water partition coefficient (Wildman–Crippen LogP) is 4.09. The summed E-state index contributed by atoms with van der Waals surface area (Å²) in [7, 11) is 0. The van der Waals surface area contributed by atoms with Gasteiger partial charge >= 0.3 is 5.97 Å². The molecule has 200 valence electrons. The van der Waals surface area contributed by atoms with E-state index in [1.165, 1.54) is 0 Å². The van der Waals surface area contributed by atoms with Gasteiger partial charge in [-0.05, 0) is 55.9 Å². The number of esters is 1. The van der Waals surface area contributed by atoms with Crippen LogP contribution in [0, 0.1) is 17.8 Å². The molecule has 0 radical (unpaired) electrons. The number of carbonyl (C=O) groups excluding carboxylic acids is 3. The maximum Gasteiger partial charge on any atom is 0.310 e. The molecule has 6 atom stereocenters. The number of thioether (sulfide) groups is 1. The maximum atomic E-state index is 14.4. The molecule has 3 aliphatic heterocycles. The van der Waals surface area contributed by atoms with Gasteiger partial charge in [0.05, 0.1) is 23.2 Å². The van der Waals surface area contributed by atoms with Gasteiger partial charge in [-0.15, -0.1) is 24.9 Å². The highest BCUT2D eigenvalue weighted by Gasteiger charge is 2.76. The smallest absolute Gasteiger partial charge is 0.310 e. The lowest BCUT2D eigenvalue weighted by molar-refractivity contribution is -0.154. The molecule has 0 aliphatic carbocycles. The number of likely N-dealkylation sites (tertiary alicyclic amines) is 1. The lowest BCUT2D eigenvalue weighted by Gasteiger charge is -2.40. The number of hydrogen-bond acceptors (Lipinski definition) is 6. The molecule has 3 unspecified atom stereocenters. The number of anilines is 1. The summed E-state index contributed by atoms with van der Waals surface area (Å²) in [5.41, 5.74) is 0.659. The molecule has 37 heavy (non-hydrogen) atoms. The number of ether oxygens (including phenoxy) is 1. The highest BCUT2D eigenvalue weighted by Crippen LogP contribution is 2.68. The maximum absolute atomic E-state index is 14.4. The third kappa shape index (κ3) is 4.84. The minimum absolute atomic E-state index is 0.0464. The number of amides is 2. The van der Waals surface area contributed by atoms with Crippen LogP contribution < -0.4 is 4.90 Å². The Hall–Kier alpha value is -2.29. The van der Waals surface area contributed by atoms with E-state index < -0.39 is 22.6 Å². The SMILES string of the molecule is C=CCCCOC(=O)[C@@H]1[C@@H]2CC(C)C3(S2)C(C(=O)N(CC=C)c2ccc(Cl)cc2)N(CCCO)C(=O)[C@H]13. The normalized spacial score (nSPS) is 29.8. The first-order valence-corrected chi connectivity index (χ1v) is 14.1. The number of hydrogen-bond donors (Lipinski definition) is 1. The summed E-state index contributed by atoms with van der Waals surface area (Å²) in [6.07, 6.45) is 5.95. The summed E-state index contributed by atoms with van der Waals surface area (Å²) in [5.74, 6) is -1.95. The Morgan fingerprint density at radius 3 is 2.65 bits per heavy atom. The average Bonchev–Trinajstić information content (AvgIpc) is 3.47. The van der Waals surface area contributed by atoms with Crippen molar-refractivity contribution < 1.29 is 24.2 Å². The third-order valence-corrected chi connectivity index (χ3v) is 10.1. The van der Waals surface area contributed by atoms with E-state index in [9.17, 15) is 19.5 Å². The number of aliphatic hydroxyl groups excluding tert-OH is 1. The van der Waals surface area contributed by atoms with Crippen molar-refractivity contribution in [3.8, 4) is 0 Å². The van der Waals surface area contributed by atoms with Crippen LogP contribution in [-0.2, 0) is 19.1 Å². The second kappa shape index (κ2) is 11.6. The van der Waals surface area contributed by atoms with Crippen molar-refractivity contribution in [3.63, 3.8) is 0 Å². The fraction of sp³-hybridized carbons (Fsp3) is 0.536. The van der Waals surface area contributed by atoms with E-state index >= 15 is 0 Å². The van der Waals surface area contributed by atoms with E-state index in [1.807, 2.05) is 0 Å². The van der Waals surface area contributed by atoms with Crippen LogP contribution in [0.15, 0.2) is 49.6 Å². The molecule has 3 saturated heterocycles. The van der Waals surface area contributed by atoms with Gasteiger partial charge in [0.25, 0.3) is 5.91 Å². The molecular weight excluding hydrogens is 512 g/mol. The zero-order chi connectivity index (χ0) is 26.7. The molecule has 1 spiro atoms. The fourth-order valence-corrected chi connectivity index (χ4v) is 8.80. The Kier molecular flexibility index (Phi) is 8.71. The van der Waals surface area contributed by atoms with E-state index in [1.54, 1.807) is 58.0 Å². The number of benzene rings is 1. The van der Waals surface area contributed by atoms with E-state index in [-0.39, 0.29) is 55.3 Å². The number of carbonyl (C=O) groups is 3. The first-order chi connectivity index (χ1) is 17.8. The second-order valence-corrected chi connectivity index (χ2v) is 12.0. The van der Waals surface area contributed by atoms with Crippen molar-refractivity contribution in [2.45, 2.75) is 48.6 Å². The molecule has 4 rings (SSSR count). The molecule has 1 aromatic rings. The van der Waals surface area contributed by atoms with Crippen molar-refractivity contribution in [3.05, 3.63) is 54.6 Å². The number of halogens is 1. The Bertz CT molecular complexity index is 1050. The van der Waals surface area contributed by atoms with Crippen LogP contribution in [0.1, 0.15) is 32.6 Å². The van der Waals surface area contributed by atoms with Gasteiger partial charge in [0.1, 0.15) is 6.04 Å². The Morgan fingerprint density at radius 2 is 2.00 bits per heavy atom. The van der Waals surface area contributed by atoms with Crippen LogP contribution in [0.3, 0.4) is 0 Å². The number of nitrogens with zero attached hydrogens (tertiary/aromatic N) is 2. The fourth-order valence-electron chi connectivity index (χ4n) is 6.27. The zero-order valence-corrected chi connectivity index (χ0v) is 22.8. The molecule has 2 bridgehead atoms. The first-order valence-electron chi connectivity index (χ1n) is 12.9. The molecule has 3 heterocycles. The second-order valence-electron chi connectivity index (χ2n) is 9.97. The quantitative estimate of drug-likeness (QED) is 0.241. The molecule has 1 aromatic carbocycles. The molecule has 7 nitrogen and oxygen atoms in total. The zero-order valence-electron chi connectivity index (χ0n) is 21.2. The summed E-state index contributed by atoms with van der Waals surface area (Å²) in [5, 5.41) is 10.0. The Balaban J connectivity index is 1.71. The molecule has 1 N–H and O–H groups in total. The lowest BCUT2D eigenvalue weighted by atomic mass is 9.66. The van der Waals surface area contributed by atoms with Crippen LogP contribution in [0.2, 0.25) is 5.02 Å². The summed E-state index contributed by atoms with van der Waals surface area (Å²) < 4.78 is 4.87. The van der Waals surface area contributed by atoms with Crippen LogP contribution in [-0.4, -0.2) is 70.1 Å². The van der Waals surface area contributed by atoms with Gasteiger partial charge in [-0.3, -0.25) is 14.4 Å². The minimum Gasteiger partial charge on any atom is -0.465 e. The molecular formula is C28H35ClN2O5S. The highest BCUT2D eigenvalue weighted by molar-refractivity contribution is 8.02. The van der Waals surface area contributed by atoms with Crippen LogP contribution in [0.5, 0.6) is 0 Å². The van der Waals surface area contributed by atoms with Gasteiger partial charge in [0.15, 0.2) is 0 Å². The molecule has 3 aliphatic rings. The van der Waals surface area contributed by atoms with E-state index in [0.717, 1.165) is 12.8 Å². The van der Waals surface area contributed by atoms with Crippen LogP contribution >= 0.6 is 23.4 Å². The molecule has 0 saturated carbocycles. The number of allylic oxidation sites excluding steroid dienone is 1. The van der Waals surface area contributed by atoms with Gasteiger partial charge in [0.2, 0.25) is 5.91 Å². The van der Waals surface area contributed by atoms with E-state index in [2.05, 4.69) is 20.1 Å². The minimum atomic E-state index is -0.768. The summed E-state index contributed by atoms with van der Waals surface area (Å²) >= 11 is 7.70. The number of fused-ring (bicyclic) bond motifs is 1. The number of aliphatic hydroxyl groups is 1.